The van der Waals surface area contributed by atoms with Crippen molar-refractivity contribution in [3.05, 3.63) is 46.8 Å². The number of rotatable bonds is 6. The molecule has 1 heterocycles. The largest absolute Gasteiger partial charge is 0.466 e. The smallest absolute Gasteiger partial charge is 0.227 e. The standard InChI is InChI=1S/C13H13BrN2O2S/c14-9-5-6-18-11(9)7-16-10-3-1-2-4-12(10)19-8-13(15)17/h1-6,16H,7-8H2,(H2,15,17). The van der Waals surface area contributed by atoms with E-state index in [4.69, 9.17) is 10.2 Å². The van der Waals surface area contributed by atoms with Gasteiger partial charge in [0, 0.05) is 10.6 Å². The second-order valence-corrected chi connectivity index (χ2v) is 5.67. The summed E-state index contributed by atoms with van der Waals surface area (Å²) in [6, 6.07) is 9.63. The molecule has 1 amide bonds. The Balaban J connectivity index is 2.03. The highest BCUT2D eigenvalue weighted by Gasteiger charge is 2.07. The summed E-state index contributed by atoms with van der Waals surface area (Å²) in [5, 5.41) is 3.28. The maximum Gasteiger partial charge on any atom is 0.227 e. The van der Waals surface area contributed by atoms with Gasteiger partial charge in [-0.1, -0.05) is 12.1 Å². The fourth-order valence-corrected chi connectivity index (χ4v) is 2.62. The Labute approximate surface area is 123 Å². The molecular weight excluding hydrogens is 328 g/mol. The lowest BCUT2D eigenvalue weighted by atomic mass is 10.3. The van der Waals surface area contributed by atoms with Crippen LogP contribution in [0.3, 0.4) is 0 Å². The first-order valence-electron chi connectivity index (χ1n) is 5.62. The zero-order valence-electron chi connectivity index (χ0n) is 10.1. The molecule has 0 unspecified atom stereocenters. The van der Waals surface area contributed by atoms with Crippen LogP contribution in [0.5, 0.6) is 0 Å². The van der Waals surface area contributed by atoms with Gasteiger partial charge in [-0.05, 0) is 34.1 Å². The number of anilines is 1. The van der Waals surface area contributed by atoms with Gasteiger partial charge in [-0.3, -0.25) is 4.79 Å². The van der Waals surface area contributed by atoms with Crippen molar-refractivity contribution in [2.75, 3.05) is 11.1 Å². The molecule has 0 aliphatic rings. The molecule has 0 saturated heterocycles. The molecule has 0 saturated carbocycles. The molecule has 2 aromatic rings. The molecule has 1 aromatic carbocycles. The number of carbonyl (C=O) groups excluding carboxylic acids is 1. The first-order chi connectivity index (χ1) is 9.16. The topological polar surface area (TPSA) is 68.3 Å². The van der Waals surface area contributed by atoms with Crippen molar-refractivity contribution in [3.8, 4) is 0 Å². The van der Waals surface area contributed by atoms with E-state index in [2.05, 4.69) is 21.2 Å². The van der Waals surface area contributed by atoms with Crippen molar-refractivity contribution >= 4 is 39.3 Å². The number of carbonyl (C=O) groups is 1. The van der Waals surface area contributed by atoms with Crippen LogP contribution in [0.25, 0.3) is 0 Å². The van der Waals surface area contributed by atoms with Gasteiger partial charge in [-0.25, -0.2) is 0 Å². The summed E-state index contributed by atoms with van der Waals surface area (Å²) < 4.78 is 6.27. The Kier molecular flexibility index (Phi) is 4.93. The predicted octanol–water partition coefficient (Wildman–Crippen LogP) is 3.23. The maximum atomic E-state index is 10.8. The number of furan rings is 1. The number of para-hydroxylation sites is 1. The third-order valence-corrected chi connectivity index (χ3v) is 4.19. The first-order valence-corrected chi connectivity index (χ1v) is 7.40. The molecule has 3 N–H and O–H groups in total. The van der Waals surface area contributed by atoms with Gasteiger partial charge >= 0.3 is 0 Å². The van der Waals surface area contributed by atoms with Crippen molar-refractivity contribution in [1.82, 2.24) is 0 Å². The molecule has 100 valence electrons. The molecule has 0 aliphatic heterocycles. The van der Waals surface area contributed by atoms with Crippen molar-refractivity contribution in [3.63, 3.8) is 0 Å². The number of benzene rings is 1. The lowest BCUT2D eigenvalue weighted by Gasteiger charge is -2.10. The summed E-state index contributed by atoms with van der Waals surface area (Å²) >= 11 is 4.83. The highest BCUT2D eigenvalue weighted by atomic mass is 79.9. The monoisotopic (exact) mass is 340 g/mol. The van der Waals surface area contributed by atoms with Crippen molar-refractivity contribution < 1.29 is 9.21 Å². The maximum absolute atomic E-state index is 10.8. The summed E-state index contributed by atoms with van der Waals surface area (Å²) in [7, 11) is 0. The molecule has 0 radical (unpaired) electrons. The minimum absolute atomic E-state index is 0.267. The number of nitrogens with one attached hydrogen (secondary N) is 1. The lowest BCUT2D eigenvalue weighted by molar-refractivity contribution is -0.115. The minimum Gasteiger partial charge on any atom is -0.466 e. The number of hydrogen-bond acceptors (Lipinski definition) is 4. The normalized spacial score (nSPS) is 10.4. The predicted molar refractivity (Wildman–Crippen MR) is 80.1 cm³/mol. The first kappa shape index (κ1) is 14.0. The van der Waals surface area contributed by atoms with E-state index in [-0.39, 0.29) is 11.7 Å². The molecule has 4 nitrogen and oxygen atoms in total. The number of primary amides is 1. The minimum atomic E-state index is -0.325. The van der Waals surface area contributed by atoms with E-state index in [9.17, 15) is 4.79 Å². The summed E-state index contributed by atoms with van der Waals surface area (Å²) in [5.41, 5.74) is 6.12. The molecule has 1 aromatic heterocycles. The van der Waals surface area contributed by atoms with Gasteiger partial charge in [0.25, 0.3) is 0 Å². The summed E-state index contributed by atoms with van der Waals surface area (Å²) in [5.74, 6) is 0.770. The molecule has 0 spiro atoms. The summed E-state index contributed by atoms with van der Waals surface area (Å²) in [6.07, 6.45) is 1.63. The molecule has 0 bridgehead atoms. The Bertz CT molecular complexity index is 571. The molecule has 2 rings (SSSR count). The Hall–Kier alpha value is -1.40. The van der Waals surface area contributed by atoms with Crippen LogP contribution in [0, 0.1) is 0 Å². The van der Waals surface area contributed by atoms with Gasteiger partial charge in [-0.2, -0.15) is 0 Å². The average Bonchev–Trinajstić information content (AvgIpc) is 2.80. The molecule has 0 fully saturated rings. The fourth-order valence-electron chi connectivity index (χ4n) is 1.51. The van der Waals surface area contributed by atoms with Crippen molar-refractivity contribution in [2.45, 2.75) is 11.4 Å². The Morgan fingerprint density at radius 2 is 2.16 bits per heavy atom. The lowest BCUT2D eigenvalue weighted by Crippen LogP contribution is -2.13. The third kappa shape index (κ3) is 4.04. The molecule has 0 atom stereocenters. The zero-order valence-corrected chi connectivity index (χ0v) is 12.5. The SMILES string of the molecule is NC(=O)CSc1ccccc1NCc1occc1Br. The number of thioether (sulfide) groups is 1. The van der Waals surface area contributed by atoms with Crippen molar-refractivity contribution in [2.24, 2.45) is 5.73 Å². The number of halogens is 1. The van der Waals surface area contributed by atoms with Gasteiger partial charge in [0.15, 0.2) is 0 Å². The van der Waals surface area contributed by atoms with Crippen LogP contribution < -0.4 is 11.1 Å². The summed E-state index contributed by atoms with van der Waals surface area (Å²) in [6.45, 7) is 0.571. The van der Waals surface area contributed by atoms with Crippen LogP contribution in [0.15, 0.2) is 50.4 Å². The van der Waals surface area contributed by atoms with Gasteiger partial charge < -0.3 is 15.5 Å². The van der Waals surface area contributed by atoms with E-state index in [0.717, 1.165) is 20.8 Å². The van der Waals surface area contributed by atoms with Gasteiger partial charge in [-0.15, -0.1) is 11.8 Å². The quantitative estimate of drug-likeness (QED) is 0.792. The van der Waals surface area contributed by atoms with Crippen LogP contribution in [0.1, 0.15) is 5.76 Å². The Morgan fingerprint density at radius 3 is 2.84 bits per heavy atom. The van der Waals surface area contributed by atoms with E-state index < -0.39 is 0 Å². The van der Waals surface area contributed by atoms with E-state index in [0.29, 0.717) is 6.54 Å². The molecular formula is C13H13BrN2O2S. The van der Waals surface area contributed by atoms with Crippen LogP contribution in [0.2, 0.25) is 0 Å². The van der Waals surface area contributed by atoms with Crippen LogP contribution in [-0.2, 0) is 11.3 Å². The van der Waals surface area contributed by atoms with Crippen LogP contribution >= 0.6 is 27.7 Å². The van der Waals surface area contributed by atoms with E-state index in [1.165, 1.54) is 11.8 Å². The number of amides is 1. The number of hydrogen-bond donors (Lipinski definition) is 2. The van der Waals surface area contributed by atoms with Crippen molar-refractivity contribution in [1.29, 1.82) is 0 Å². The van der Waals surface area contributed by atoms with Crippen LogP contribution in [0.4, 0.5) is 5.69 Å². The Morgan fingerprint density at radius 1 is 1.37 bits per heavy atom. The van der Waals surface area contributed by atoms with Gasteiger partial charge in [0.1, 0.15) is 5.76 Å². The fraction of sp³-hybridized carbons (Fsp3) is 0.154. The number of nitrogens with two attached hydrogens (primary N) is 1. The highest BCUT2D eigenvalue weighted by molar-refractivity contribution is 9.10. The molecule has 19 heavy (non-hydrogen) atoms. The van der Waals surface area contributed by atoms with Gasteiger partial charge in [0.2, 0.25) is 5.91 Å². The molecule has 6 heteroatoms. The summed E-state index contributed by atoms with van der Waals surface area (Å²) in [4.78, 5) is 11.8. The zero-order chi connectivity index (χ0) is 13.7. The second kappa shape index (κ2) is 6.68. The second-order valence-electron chi connectivity index (χ2n) is 3.80. The third-order valence-electron chi connectivity index (χ3n) is 2.39. The molecule has 0 aliphatic carbocycles. The van der Waals surface area contributed by atoms with Crippen LogP contribution in [-0.4, -0.2) is 11.7 Å². The van der Waals surface area contributed by atoms with Gasteiger partial charge in [0.05, 0.1) is 23.0 Å². The van der Waals surface area contributed by atoms with E-state index >= 15 is 0 Å². The average molecular weight is 341 g/mol. The highest BCUT2D eigenvalue weighted by Crippen LogP contribution is 2.28. The van der Waals surface area contributed by atoms with E-state index in [1.807, 2.05) is 30.3 Å². The van der Waals surface area contributed by atoms with E-state index in [1.54, 1.807) is 6.26 Å².